The largest absolute Gasteiger partial charge is 0.872 e. The summed E-state index contributed by atoms with van der Waals surface area (Å²) in [7, 11) is 0. The van der Waals surface area contributed by atoms with Crippen LogP contribution in [0, 0.1) is 10.1 Å². The smallest absolute Gasteiger partial charge is 0.282 e. The van der Waals surface area contributed by atoms with Crippen LogP contribution in [0.5, 0.6) is 5.75 Å². The summed E-state index contributed by atoms with van der Waals surface area (Å²) in [6.45, 7) is 0. The Morgan fingerprint density at radius 3 is 2.44 bits per heavy atom. The van der Waals surface area contributed by atoms with Gasteiger partial charge in [-0.1, -0.05) is 22.0 Å². The first-order valence-electron chi connectivity index (χ1n) is 6.95. The van der Waals surface area contributed by atoms with Crippen LogP contribution in [0.3, 0.4) is 0 Å². The summed E-state index contributed by atoms with van der Waals surface area (Å²) in [5.74, 6) is -1.88. The number of amides is 2. The molecule has 9 heteroatoms. The molecule has 1 saturated heterocycles. The zero-order valence-electron chi connectivity index (χ0n) is 12.4. The standard InChI is InChI=1S/C16H10BrN3O5/c17-10-1-3-11(4-2-10)19-16(23)13(15(22)18-19)8-9-7-12(20(24)25)5-6-14(9)21/h1-8,21H,(H,18,22)/p-1/b13-8+. The number of nitro groups is 1. The molecular weight excluding hydrogens is 394 g/mol. The van der Waals surface area contributed by atoms with Gasteiger partial charge in [0, 0.05) is 16.6 Å². The lowest BCUT2D eigenvalue weighted by Gasteiger charge is -2.14. The van der Waals surface area contributed by atoms with E-state index in [0.29, 0.717) is 5.69 Å². The fourth-order valence-electron chi connectivity index (χ4n) is 2.25. The van der Waals surface area contributed by atoms with Crippen molar-refractivity contribution in [3.8, 4) is 5.75 Å². The fourth-order valence-corrected chi connectivity index (χ4v) is 2.51. The molecule has 0 aromatic heterocycles. The average molecular weight is 403 g/mol. The molecule has 1 fully saturated rings. The van der Waals surface area contributed by atoms with Crippen LogP contribution in [0.4, 0.5) is 11.4 Å². The van der Waals surface area contributed by atoms with Gasteiger partial charge in [-0.25, -0.2) is 5.01 Å². The van der Waals surface area contributed by atoms with Crippen molar-refractivity contribution in [2.45, 2.75) is 0 Å². The molecule has 0 unspecified atom stereocenters. The van der Waals surface area contributed by atoms with Gasteiger partial charge in [-0.3, -0.25) is 25.1 Å². The van der Waals surface area contributed by atoms with Crippen LogP contribution >= 0.6 is 15.9 Å². The first-order chi connectivity index (χ1) is 11.9. The molecule has 1 N–H and O–H groups in total. The minimum absolute atomic E-state index is 0.106. The van der Waals surface area contributed by atoms with Crippen molar-refractivity contribution in [1.82, 2.24) is 5.43 Å². The number of anilines is 1. The van der Waals surface area contributed by atoms with E-state index in [-0.39, 0.29) is 16.8 Å². The van der Waals surface area contributed by atoms with E-state index in [4.69, 9.17) is 0 Å². The molecule has 8 nitrogen and oxygen atoms in total. The van der Waals surface area contributed by atoms with Crippen molar-refractivity contribution in [1.29, 1.82) is 0 Å². The summed E-state index contributed by atoms with van der Waals surface area (Å²) in [5.41, 5.74) is 2.14. The number of halogens is 1. The maximum atomic E-state index is 12.5. The lowest BCUT2D eigenvalue weighted by molar-refractivity contribution is -0.385. The molecule has 0 bridgehead atoms. The van der Waals surface area contributed by atoms with Crippen LogP contribution in [0.2, 0.25) is 0 Å². The molecule has 1 aliphatic rings. The molecular formula is C16H9BrN3O5-. The van der Waals surface area contributed by atoms with Gasteiger partial charge in [0.25, 0.3) is 17.5 Å². The van der Waals surface area contributed by atoms with E-state index in [1.54, 1.807) is 24.3 Å². The molecule has 0 atom stereocenters. The van der Waals surface area contributed by atoms with E-state index >= 15 is 0 Å². The number of non-ortho nitro benzene ring substituents is 1. The summed E-state index contributed by atoms with van der Waals surface area (Å²) in [4.78, 5) is 34.7. The van der Waals surface area contributed by atoms with Crippen molar-refractivity contribution in [3.05, 3.63) is 68.2 Å². The fraction of sp³-hybridized carbons (Fsp3) is 0. The maximum absolute atomic E-state index is 12.5. The lowest BCUT2D eigenvalue weighted by Crippen LogP contribution is -2.35. The first-order valence-corrected chi connectivity index (χ1v) is 7.74. The van der Waals surface area contributed by atoms with Crippen LogP contribution in [-0.4, -0.2) is 16.7 Å². The van der Waals surface area contributed by atoms with Gasteiger partial charge in [-0.2, -0.15) is 0 Å². The second kappa shape index (κ2) is 6.36. The summed E-state index contributed by atoms with van der Waals surface area (Å²) in [5, 5.41) is 23.7. The Hall–Kier alpha value is -3.20. The number of hydrogen-bond donors (Lipinski definition) is 1. The Morgan fingerprint density at radius 2 is 1.80 bits per heavy atom. The number of nitrogens with one attached hydrogen (secondary N) is 1. The van der Waals surface area contributed by atoms with E-state index < -0.39 is 22.5 Å². The maximum Gasteiger partial charge on any atom is 0.282 e. The van der Waals surface area contributed by atoms with E-state index in [9.17, 15) is 24.8 Å². The minimum atomic E-state index is -0.696. The Kier molecular flexibility index (Phi) is 4.24. The topological polar surface area (TPSA) is 116 Å². The predicted octanol–water partition coefficient (Wildman–Crippen LogP) is 1.89. The molecule has 0 radical (unpaired) electrons. The summed E-state index contributed by atoms with van der Waals surface area (Å²) >= 11 is 3.27. The van der Waals surface area contributed by atoms with Crippen molar-refractivity contribution in [2.75, 3.05) is 5.01 Å². The highest BCUT2D eigenvalue weighted by atomic mass is 79.9. The van der Waals surface area contributed by atoms with Crippen LogP contribution in [-0.2, 0) is 9.59 Å². The van der Waals surface area contributed by atoms with Crippen molar-refractivity contribution in [2.24, 2.45) is 0 Å². The lowest BCUT2D eigenvalue weighted by atomic mass is 10.1. The highest BCUT2D eigenvalue weighted by Crippen LogP contribution is 2.27. The van der Waals surface area contributed by atoms with Gasteiger partial charge in [0.15, 0.2) is 0 Å². The SMILES string of the molecule is O=C1NN(c2ccc(Br)cc2)C(=O)/C1=C/c1cc([N+](=O)[O-])ccc1[O-]. The molecule has 1 heterocycles. The summed E-state index contributed by atoms with van der Waals surface area (Å²) in [6, 6.07) is 9.76. The number of carbonyl (C=O) groups excluding carboxylic acids is 2. The van der Waals surface area contributed by atoms with Crippen molar-refractivity contribution >= 4 is 45.2 Å². The van der Waals surface area contributed by atoms with Crippen LogP contribution < -0.4 is 15.5 Å². The number of nitro benzene ring substituents is 1. The number of rotatable bonds is 3. The molecule has 1 aliphatic heterocycles. The number of benzene rings is 2. The third-order valence-electron chi connectivity index (χ3n) is 3.48. The second-order valence-electron chi connectivity index (χ2n) is 5.10. The van der Waals surface area contributed by atoms with Gasteiger partial charge in [0.05, 0.1) is 10.6 Å². The Bertz CT molecular complexity index is 924. The third-order valence-corrected chi connectivity index (χ3v) is 4.01. The summed E-state index contributed by atoms with van der Waals surface area (Å²) in [6.07, 6.45) is 1.06. The number of hydrazine groups is 1. The first kappa shape index (κ1) is 16.7. The predicted molar refractivity (Wildman–Crippen MR) is 90.3 cm³/mol. The minimum Gasteiger partial charge on any atom is -0.872 e. The van der Waals surface area contributed by atoms with Crippen LogP contribution in [0.25, 0.3) is 6.08 Å². The van der Waals surface area contributed by atoms with Gasteiger partial charge in [-0.05, 0) is 35.9 Å². The molecule has 25 heavy (non-hydrogen) atoms. The molecule has 2 amide bonds. The monoisotopic (exact) mass is 402 g/mol. The van der Waals surface area contributed by atoms with Crippen molar-refractivity contribution in [3.63, 3.8) is 0 Å². The Morgan fingerprint density at radius 1 is 1.12 bits per heavy atom. The van der Waals surface area contributed by atoms with Gasteiger partial charge in [0.1, 0.15) is 5.57 Å². The second-order valence-corrected chi connectivity index (χ2v) is 6.01. The van der Waals surface area contributed by atoms with E-state index in [1.165, 1.54) is 0 Å². The van der Waals surface area contributed by atoms with Gasteiger partial charge >= 0.3 is 0 Å². The Balaban J connectivity index is 1.98. The van der Waals surface area contributed by atoms with Gasteiger partial charge in [-0.15, -0.1) is 5.75 Å². The number of carbonyl (C=O) groups is 2. The molecule has 2 aromatic rings. The van der Waals surface area contributed by atoms with E-state index in [1.807, 2.05) is 0 Å². The van der Waals surface area contributed by atoms with Crippen LogP contribution in [0.1, 0.15) is 5.56 Å². The molecule has 126 valence electrons. The van der Waals surface area contributed by atoms with Gasteiger partial charge < -0.3 is 5.11 Å². The molecule has 2 aromatic carbocycles. The van der Waals surface area contributed by atoms with Crippen molar-refractivity contribution < 1.29 is 19.6 Å². The Labute approximate surface area is 149 Å². The van der Waals surface area contributed by atoms with E-state index in [2.05, 4.69) is 21.4 Å². The number of nitrogens with zero attached hydrogens (tertiary/aromatic N) is 2. The third kappa shape index (κ3) is 3.22. The normalized spacial score (nSPS) is 15.6. The zero-order chi connectivity index (χ0) is 18.1. The molecule has 0 saturated carbocycles. The highest BCUT2D eigenvalue weighted by Gasteiger charge is 2.34. The zero-order valence-corrected chi connectivity index (χ0v) is 14.0. The quantitative estimate of drug-likeness (QED) is 0.364. The van der Waals surface area contributed by atoms with Crippen LogP contribution in [0.15, 0.2) is 52.5 Å². The molecule has 0 spiro atoms. The number of hydrogen-bond acceptors (Lipinski definition) is 5. The average Bonchev–Trinajstić information content (AvgIpc) is 2.85. The molecule has 0 aliphatic carbocycles. The van der Waals surface area contributed by atoms with E-state index in [0.717, 1.165) is 33.8 Å². The highest BCUT2D eigenvalue weighted by molar-refractivity contribution is 9.10. The summed E-state index contributed by atoms with van der Waals surface area (Å²) < 4.78 is 0.803. The van der Waals surface area contributed by atoms with Gasteiger partial charge in [0.2, 0.25) is 0 Å². The molecule has 3 rings (SSSR count).